The normalized spacial score (nSPS) is 10.6. The lowest BCUT2D eigenvalue weighted by molar-refractivity contribution is -0.117. The Morgan fingerprint density at radius 2 is 1.78 bits per heavy atom. The highest BCUT2D eigenvalue weighted by Crippen LogP contribution is 2.29. The minimum absolute atomic E-state index is 0.107. The van der Waals surface area contributed by atoms with Gasteiger partial charge in [-0.05, 0) is 43.7 Å². The highest BCUT2D eigenvalue weighted by molar-refractivity contribution is 5.92. The number of nitrogens with one attached hydrogen (secondary N) is 1. The highest BCUT2D eigenvalue weighted by Gasteiger charge is 2.15. The summed E-state index contributed by atoms with van der Waals surface area (Å²) >= 11 is 0. The van der Waals surface area contributed by atoms with Crippen LogP contribution < -0.4 is 14.8 Å². The van der Waals surface area contributed by atoms with Crippen molar-refractivity contribution in [2.75, 3.05) is 26.1 Å². The van der Waals surface area contributed by atoms with E-state index in [2.05, 4.69) is 16.3 Å². The third-order valence-electron chi connectivity index (χ3n) is 4.21. The molecule has 0 radical (unpaired) electrons. The zero-order valence-corrected chi connectivity index (χ0v) is 16.2. The molecule has 0 aliphatic carbocycles. The van der Waals surface area contributed by atoms with Crippen LogP contribution >= 0.6 is 0 Å². The Balaban J connectivity index is 2.03. The minimum atomic E-state index is -0.107. The standard InChI is InChI=1S/C21H25N3O3/c1-15(2)24(13-17-7-5-16(12-22)6-8-17)14-21(25)23-18-9-10-19(26-3)20(11-18)27-4/h5-11,15H,13-14H2,1-4H3,(H,23,25). The number of anilines is 1. The average Bonchev–Trinajstić information content (AvgIpc) is 2.67. The molecule has 0 atom stereocenters. The van der Waals surface area contributed by atoms with Crippen molar-refractivity contribution >= 4 is 11.6 Å². The van der Waals surface area contributed by atoms with Gasteiger partial charge in [0.05, 0.1) is 32.4 Å². The van der Waals surface area contributed by atoms with Gasteiger partial charge in [0, 0.05) is 24.3 Å². The fraction of sp³-hybridized carbons (Fsp3) is 0.333. The second-order valence-electron chi connectivity index (χ2n) is 6.43. The third-order valence-corrected chi connectivity index (χ3v) is 4.21. The maximum atomic E-state index is 12.5. The van der Waals surface area contributed by atoms with Crippen LogP contribution in [0.1, 0.15) is 25.0 Å². The molecule has 0 aromatic heterocycles. The second kappa shape index (κ2) is 9.60. The van der Waals surface area contributed by atoms with Crippen LogP contribution in [-0.4, -0.2) is 37.6 Å². The molecule has 2 aromatic carbocycles. The number of carbonyl (C=O) groups excluding carboxylic acids is 1. The van der Waals surface area contributed by atoms with E-state index in [0.29, 0.717) is 29.3 Å². The van der Waals surface area contributed by atoms with E-state index in [4.69, 9.17) is 14.7 Å². The Kier molecular flexibility index (Phi) is 7.21. The lowest BCUT2D eigenvalue weighted by atomic mass is 10.1. The van der Waals surface area contributed by atoms with Gasteiger partial charge in [-0.2, -0.15) is 5.26 Å². The first-order chi connectivity index (χ1) is 13.0. The number of carbonyl (C=O) groups is 1. The molecule has 2 aromatic rings. The smallest absolute Gasteiger partial charge is 0.238 e. The minimum Gasteiger partial charge on any atom is -0.493 e. The van der Waals surface area contributed by atoms with Crippen LogP contribution in [0.4, 0.5) is 5.69 Å². The summed E-state index contributed by atoms with van der Waals surface area (Å²) < 4.78 is 10.5. The monoisotopic (exact) mass is 367 g/mol. The molecular formula is C21H25N3O3. The van der Waals surface area contributed by atoms with Gasteiger partial charge < -0.3 is 14.8 Å². The van der Waals surface area contributed by atoms with E-state index in [1.54, 1.807) is 44.6 Å². The summed E-state index contributed by atoms with van der Waals surface area (Å²) in [6.07, 6.45) is 0. The Morgan fingerprint density at radius 3 is 2.33 bits per heavy atom. The summed E-state index contributed by atoms with van der Waals surface area (Å²) in [5.74, 6) is 1.07. The van der Waals surface area contributed by atoms with Crippen molar-refractivity contribution in [1.29, 1.82) is 5.26 Å². The Morgan fingerprint density at radius 1 is 1.11 bits per heavy atom. The number of hydrogen-bond acceptors (Lipinski definition) is 5. The maximum Gasteiger partial charge on any atom is 0.238 e. The number of hydrogen-bond donors (Lipinski definition) is 1. The molecule has 0 aliphatic rings. The highest BCUT2D eigenvalue weighted by atomic mass is 16.5. The summed E-state index contributed by atoms with van der Waals surface area (Å²) in [6.45, 7) is 4.98. The first-order valence-corrected chi connectivity index (χ1v) is 8.71. The van der Waals surface area contributed by atoms with E-state index in [9.17, 15) is 4.79 Å². The van der Waals surface area contributed by atoms with Gasteiger partial charge in [-0.15, -0.1) is 0 Å². The molecule has 0 saturated carbocycles. The number of nitriles is 1. The van der Waals surface area contributed by atoms with Gasteiger partial charge in [0.1, 0.15) is 0 Å². The van der Waals surface area contributed by atoms with Crippen LogP contribution in [0.5, 0.6) is 11.5 Å². The summed E-state index contributed by atoms with van der Waals surface area (Å²) in [5.41, 5.74) is 2.34. The molecule has 1 amide bonds. The van der Waals surface area contributed by atoms with Gasteiger partial charge in [0.25, 0.3) is 0 Å². The summed E-state index contributed by atoms with van der Waals surface area (Å²) in [6, 6.07) is 15.0. The second-order valence-corrected chi connectivity index (χ2v) is 6.43. The molecule has 142 valence electrons. The van der Waals surface area contributed by atoms with Gasteiger partial charge in [-0.1, -0.05) is 12.1 Å². The van der Waals surface area contributed by atoms with Crippen molar-refractivity contribution in [3.63, 3.8) is 0 Å². The first-order valence-electron chi connectivity index (χ1n) is 8.71. The molecule has 6 nitrogen and oxygen atoms in total. The molecule has 0 saturated heterocycles. The van der Waals surface area contributed by atoms with E-state index in [0.717, 1.165) is 5.56 Å². The topological polar surface area (TPSA) is 74.6 Å². The van der Waals surface area contributed by atoms with Crippen molar-refractivity contribution in [2.24, 2.45) is 0 Å². The number of rotatable bonds is 8. The molecule has 0 fully saturated rings. The summed E-state index contributed by atoms with van der Waals surface area (Å²) in [5, 5.41) is 11.8. The third kappa shape index (κ3) is 5.73. The largest absolute Gasteiger partial charge is 0.493 e. The predicted molar refractivity (Wildman–Crippen MR) is 105 cm³/mol. The fourth-order valence-corrected chi connectivity index (χ4v) is 2.64. The van der Waals surface area contributed by atoms with Gasteiger partial charge in [-0.3, -0.25) is 9.69 Å². The van der Waals surface area contributed by atoms with E-state index in [1.165, 1.54) is 0 Å². The first kappa shape index (κ1) is 20.3. The number of nitrogens with zero attached hydrogens (tertiary/aromatic N) is 2. The number of ether oxygens (including phenoxy) is 2. The molecule has 0 spiro atoms. The van der Waals surface area contributed by atoms with Crippen LogP contribution in [0.3, 0.4) is 0 Å². The van der Waals surface area contributed by atoms with Crippen LogP contribution in [0.15, 0.2) is 42.5 Å². The Bertz CT molecular complexity index is 810. The predicted octanol–water partition coefficient (Wildman–Crippen LogP) is 3.42. The Hall–Kier alpha value is -3.04. The van der Waals surface area contributed by atoms with Crippen LogP contribution in [-0.2, 0) is 11.3 Å². The Labute approximate surface area is 160 Å². The van der Waals surface area contributed by atoms with Crippen LogP contribution in [0.2, 0.25) is 0 Å². The van der Waals surface area contributed by atoms with Gasteiger partial charge in [0.2, 0.25) is 5.91 Å². The molecule has 0 aliphatic heterocycles. The van der Waals surface area contributed by atoms with Gasteiger partial charge >= 0.3 is 0 Å². The number of methoxy groups -OCH3 is 2. The number of benzene rings is 2. The van der Waals surface area contributed by atoms with E-state index in [1.807, 2.05) is 26.0 Å². The lowest BCUT2D eigenvalue weighted by Crippen LogP contribution is -2.37. The molecule has 0 bridgehead atoms. The molecule has 0 unspecified atom stereocenters. The molecule has 0 heterocycles. The molecule has 27 heavy (non-hydrogen) atoms. The van der Waals surface area contributed by atoms with Crippen molar-refractivity contribution in [2.45, 2.75) is 26.4 Å². The van der Waals surface area contributed by atoms with Gasteiger partial charge in [0.15, 0.2) is 11.5 Å². The van der Waals surface area contributed by atoms with Crippen molar-refractivity contribution in [1.82, 2.24) is 4.90 Å². The van der Waals surface area contributed by atoms with Crippen LogP contribution in [0.25, 0.3) is 0 Å². The lowest BCUT2D eigenvalue weighted by Gasteiger charge is -2.26. The zero-order chi connectivity index (χ0) is 19.8. The van der Waals surface area contributed by atoms with E-state index >= 15 is 0 Å². The fourth-order valence-electron chi connectivity index (χ4n) is 2.64. The molecule has 6 heteroatoms. The van der Waals surface area contributed by atoms with Gasteiger partial charge in [-0.25, -0.2) is 0 Å². The maximum absolute atomic E-state index is 12.5. The molecular weight excluding hydrogens is 342 g/mol. The quantitative estimate of drug-likeness (QED) is 0.774. The molecule has 2 rings (SSSR count). The SMILES string of the molecule is COc1ccc(NC(=O)CN(Cc2ccc(C#N)cc2)C(C)C)cc1OC. The van der Waals surface area contributed by atoms with Crippen molar-refractivity contribution < 1.29 is 14.3 Å². The summed E-state index contributed by atoms with van der Waals surface area (Å²) in [7, 11) is 3.13. The van der Waals surface area contributed by atoms with Crippen molar-refractivity contribution in [3.8, 4) is 17.6 Å². The van der Waals surface area contributed by atoms with E-state index in [-0.39, 0.29) is 18.5 Å². The zero-order valence-electron chi connectivity index (χ0n) is 16.2. The number of amides is 1. The summed E-state index contributed by atoms with van der Waals surface area (Å²) in [4.78, 5) is 14.6. The van der Waals surface area contributed by atoms with E-state index < -0.39 is 0 Å². The molecule has 1 N–H and O–H groups in total. The average molecular weight is 367 g/mol. The van der Waals surface area contributed by atoms with Crippen molar-refractivity contribution in [3.05, 3.63) is 53.6 Å². The van der Waals surface area contributed by atoms with Crippen LogP contribution in [0, 0.1) is 11.3 Å².